The summed E-state index contributed by atoms with van der Waals surface area (Å²) in [5.41, 5.74) is 0.676. The van der Waals surface area contributed by atoms with Crippen molar-refractivity contribution < 1.29 is 4.79 Å². The van der Waals surface area contributed by atoms with Crippen molar-refractivity contribution >= 4 is 43.2 Å². The van der Waals surface area contributed by atoms with E-state index in [0.29, 0.717) is 5.69 Å². The summed E-state index contributed by atoms with van der Waals surface area (Å²) in [6.45, 7) is 10.6. The zero-order valence-electron chi connectivity index (χ0n) is 16.7. The van der Waals surface area contributed by atoms with Gasteiger partial charge in [-0.2, -0.15) is 0 Å². The summed E-state index contributed by atoms with van der Waals surface area (Å²) < 4.78 is 8.28. The van der Waals surface area contributed by atoms with Crippen LogP contribution >= 0.6 is 11.3 Å². The summed E-state index contributed by atoms with van der Waals surface area (Å²) in [5, 5.41) is 0. The quantitative estimate of drug-likeness (QED) is 0.301. The standard InChI is InChI=1S/C8H7N2OS.3C4H9.Sn/c1-5(11)7-8-10(3-4-12-8)6(2)9-7;3*1-3-4-2;/h3H,1-2H3;3*1,3-4H2,2H3;. The molecule has 0 unspecified atom stereocenters. The van der Waals surface area contributed by atoms with Crippen molar-refractivity contribution in [2.45, 2.75) is 86.5 Å². The molecule has 2 aromatic heterocycles. The Labute approximate surface area is 161 Å². The third-order valence-corrected chi connectivity index (χ3v) is 24.6. The Balaban J connectivity index is 2.51. The van der Waals surface area contributed by atoms with Crippen molar-refractivity contribution in [2.75, 3.05) is 0 Å². The van der Waals surface area contributed by atoms with Crippen LogP contribution in [0.15, 0.2) is 6.20 Å². The van der Waals surface area contributed by atoms with E-state index in [1.807, 2.05) is 18.3 Å². The first-order valence-corrected chi connectivity index (χ1v) is 18.3. The monoisotopic (exact) mass is 470 g/mol. The molecule has 140 valence electrons. The third-order valence-electron chi connectivity index (χ3n) is 5.38. The Kier molecular flexibility index (Phi) is 7.99. The fourth-order valence-corrected chi connectivity index (χ4v) is 23.9. The minimum atomic E-state index is -2.41. The third kappa shape index (κ3) is 4.68. The molecular formula is C20H34N2OSSn. The van der Waals surface area contributed by atoms with E-state index < -0.39 is 18.4 Å². The van der Waals surface area contributed by atoms with Crippen molar-refractivity contribution in [2.24, 2.45) is 0 Å². The van der Waals surface area contributed by atoms with Gasteiger partial charge < -0.3 is 0 Å². The van der Waals surface area contributed by atoms with E-state index in [1.165, 1.54) is 51.8 Å². The van der Waals surface area contributed by atoms with E-state index in [4.69, 9.17) is 0 Å². The first-order chi connectivity index (χ1) is 12.0. The maximum atomic E-state index is 12.0. The van der Waals surface area contributed by atoms with Gasteiger partial charge in [0.15, 0.2) is 0 Å². The molecule has 0 fully saturated rings. The summed E-state index contributed by atoms with van der Waals surface area (Å²) >= 11 is -0.507. The second-order valence-electron chi connectivity index (χ2n) is 7.43. The summed E-state index contributed by atoms with van der Waals surface area (Å²) in [6, 6.07) is 0. The minimum absolute atomic E-state index is 0.0930. The molecule has 0 saturated carbocycles. The van der Waals surface area contributed by atoms with Crippen LogP contribution in [-0.2, 0) is 0 Å². The number of hydrogen-bond donors (Lipinski definition) is 0. The Morgan fingerprint density at radius 1 is 1.08 bits per heavy atom. The van der Waals surface area contributed by atoms with Crippen molar-refractivity contribution in [3.63, 3.8) is 0 Å². The SMILES string of the molecule is CCC[CH2][Sn]([CH2]CCC)([CH2]CCC)[c]1cn2c(C)nc(C(C)=O)c2s1. The second-order valence-corrected chi connectivity index (χ2v) is 22.6. The predicted octanol–water partition coefficient (Wildman–Crippen LogP) is 5.96. The molecular weight excluding hydrogens is 435 g/mol. The van der Waals surface area contributed by atoms with Crippen LogP contribution in [0.4, 0.5) is 0 Å². The van der Waals surface area contributed by atoms with Crippen LogP contribution in [0.5, 0.6) is 0 Å². The molecule has 25 heavy (non-hydrogen) atoms. The number of rotatable bonds is 11. The fraction of sp³-hybridized carbons (Fsp3) is 0.700. The molecule has 2 rings (SSSR count). The molecule has 0 aromatic carbocycles. The normalized spacial score (nSPS) is 12.2. The van der Waals surface area contributed by atoms with E-state index in [9.17, 15) is 4.79 Å². The number of ketones is 1. The van der Waals surface area contributed by atoms with Crippen molar-refractivity contribution in [1.29, 1.82) is 0 Å². The number of imidazole rings is 1. The van der Waals surface area contributed by atoms with Crippen molar-refractivity contribution in [3.05, 3.63) is 17.7 Å². The van der Waals surface area contributed by atoms with Crippen LogP contribution < -0.4 is 2.89 Å². The van der Waals surface area contributed by atoms with Crippen LogP contribution in [0, 0.1) is 6.92 Å². The number of hydrogen-bond acceptors (Lipinski definition) is 3. The van der Waals surface area contributed by atoms with Gasteiger partial charge in [0.05, 0.1) is 0 Å². The van der Waals surface area contributed by atoms with Gasteiger partial charge in [-0.3, -0.25) is 0 Å². The van der Waals surface area contributed by atoms with Crippen LogP contribution in [0.3, 0.4) is 0 Å². The van der Waals surface area contributed by atoms with Gasteiger partial charge in [-0.1, -0.05) is 0 Å². The molecule has 0 aliphatic rings. The molecule has 2 heterocycles. The summed E-state index contributed by atoms with van der Waals surface area (Å²) in [5.74, 6) is 1.06. The van der Waals surface area contributed by atoms with Gasteiger partial charge in [0.25, 0.3) is 0 Å². The molecule has 0 N–H and O–H groups in total. The summed E-state index contributed by atoms with van der Waals surface area (Å²) in [7, 11) is 0. The molecule has 2 aromatic rings. The van der Waals surface area contributed by atoms with E-state index in [2.05, 4.69) is 36.4 Å². The Bertz CT molecular complexity index is 682. The van der Waals surface area contributed by atoms with Crippen LogP contribution in [0.1, 0.15) is 82.5 Å². The second kappa shape index (κ2) is 9.54. The predicted molar refractivity (Wildman–Crippen MR) is 112 cm³/mol. The number of aromatic nitrogens is 2. The van der Waals surface area contributed by atoms with E-state index in [0.717, 1.165) is 10.7 Å². The van der Waals surface area contributed by atoms with Crippen LogP contribution in [-0.4, -0.2) is 33.5 Å². The molecule has 0 radical (unpaired) electrons. The van der Waals surface area contributed by atoms with Gasteiger partial charge in [-0.05, 0) is 0 Å². The van der Waals surface area contributed by atoms with Crippen LogP contribution in [0.2, 0.25) is 13.3 Å². The number of carbonyl (C=O) groups is 1. The first-order valence-electron chi connectivity index (χ1n) is 9.99. The first kappa shape index (κ1) is 20.9. The Morgan fingerprint density at radius 3 is 2.04 bits per heavy atom. The zero-order chi connectivity index (χ0) is 18.4. The van der Waals surface area contributed by atoms with E-state index in [1.54, 1.807) is 9.82 Å². The van der Waals surface area contributed by atoms with Gasteiger partial charge in [0.2, 0.25) is 0 Å². The summed E-state index contributed by atoms with van der Waals surface area (Å²) in [6.07, 6.45) is 10.4. The number of nitrogens with zero attached hydrogens (tertiary/aromatic N) is 2. The van der Waals surface area contributed by atoms with Gasteiger partial charge in [0, 0.05) is 0 Å². The number of Topliss-reactive ketones (excluding diaryl/α,β-unsaturated/α-hetero) is 1. The zero-order valence-corrected chi connectivity index (χ0v) is 20.3. The van der Waals surface area contributed by atoms with Gasteiger partial charge >= 0.3 is 162 Å². The van der Waals surface area contributed by atoms with Crippen molar-refractivity contribution in [1.82, 2.24) is 9.38 Å². The molecule has 0 spiro atoms. The number of thiazole rings is 1. The topological polar surface area (TPSA) is 34.4 Å². The number of aryl methyl sites for hydroxylation is 1. The average Bonchev–Trinajstić information content (AvgIpc) is 3.16. The Hall–Kier alpha value is -0.361. The van der Waals surface area contributed by atoms with Crippen LogP contribution in [0.25, 0.3) is 4.83 Å². The molecule has 0 saturated heterocycles. The molecule has 3 nitrogen and oxygen atoms in total. The molecule has 0 amide bonds. The number of fused-ring (bicyclic) bond motifs is 1. The Morgan fingerprint density at radius 2 is 1.60 bits per heavy atom. The van der Waals surface area contributed by atoms with E-state index >= 15 is 0 Å². The maximum absolute atomic E-state index is 12.0. The summed E-state index contributed by atoms with van der Waals surface area (Å²) in [4.78, 5) is 17.6. The number of unbranched alkanes of at least 4 members (excludes halogenated alkanes) is 3. The fourth-order valence-electron chi connectivity index (χ4n) is 3.79. The molecule has 0 aliphatic heterocycles. The van der Waals surface area contributed by atoms with E-state index in [-0.39, 0.29) is 5.78 Å². The van der Waals surface area contributed by atoms with Gasteiger partial charge in [0.1, 0.15) is 0 Å². The molecule has 0 atom stereocenters. The average molecular weight is 469 g/mol. The molecule has 0 bridgehead atoms. The molecule has 5 heteroatoms. The van der Waals surface area contributed by atoms with Crippen molar-refractivity contribution in [3.8, 4) is 0 Å². The number of carbonyl (C=O) groups excluding carboxylic acids is 1. The van der Waals surface area contributed by atoms with Gasteiger partial charge in [-0.15, -0.1) is 0 Å². The van der Waals surface area contributed by atoms with Gasteiger partial charge in [-0.25, -0.2) is 0 Å². The molecule has 0 aliphatic carbocycles.